The lowest BCUT2D eigenvalue weighted by molar-refractivity contribution is 0.0601. The van der Waals surface area contributed by atoms with Gasteiger partial charge >= 0.3 is 5.97 Å². The van der Waals surface area contributed by atoms with E-state index in [1.165, 1.54) is 7.11 Å². The van der Waals surface area contributed by atoms with Gasteiger partial charge in [-0.1, -0.05) is 5.21 Å². The lowest BCUT2D eigenvalue weighted by atomic mass is 10.1. The number of aromatic nitrogens is 3. The Hall–Kier alpha value is -2.57. The number of ether oxygens (including phenoxy) is 1. The summed E-state index contributed by atoms with van der Waals surface area (Å²) in [5.41, 5.74) is 7.57. The lowest BCUT2D eigenvalue weighted by Gasteiger charge is -2.10. The summed E-state index contributed by atoms with van der Waals surface area (Å²) in [6.07, 6.45) is 3.39. The number of carbonyl (C=O) groups excluding carboxylic acids is 1. The van der Waals surface area contributed by atoms with Gasteiger partial charge in [-0.25, -0.2) is 4.79 Å². The van der Waals surface area contributed by atoms with E-state index >= 15 is 0 Å². The SMILES string of the molecule is COC(=O)c1ccc(N)c(NCCn2ccnn2)c1. The van der Waals surface area contributed by atoms with Crippen LogP contribution in [0.4, 0.5) is 11.4 Å². The summed E-state index contributed by atoms with van der Waals surface area (Å²) < 4.78 is 6.37. The van der Waals surface area contributed by atoms with E-state index in [-0.39, 0.29) is 5.97 Å². The molecule has 0 atom stereocenters. The molecule has 0 fully saturated rings. The average molecular weight is 261 g/mol. The van der Waals surface area contributed by atoms with E-state index in [4.69, 9.17) is 5.73 Å². The molecule has 2 rings (SSSR count). The van der Waals surface area contributed by atoms with Crippen LogP contribution in [0.2, 0.25) is 0 Å². The second-order valence-corrected chi connectivity index (χ2v) is 3.89. The van der Waals surface area contributed by atoms with Gasteiger partial charge in [0.05, 0.1) is 36.8 Å². The van der Waals surface area contributed by atoms with Crippen LogP contribution in [-0.2, 0) is 11.3 Å². The number of nitrogens with zero attached hydrogens (tertiary/aromatic N) is 3. The van der Waals surface area contributed by atoms with Crippen molar-refractivity contribution in [2.75, 3.05) is 24.7 Å². The Morgan fingerprint density at radius 3 is 3.05 bits per heavy atom. The summed E-state index contributed by atoms with van der Waals surface area (Å²) in [4.78, 5) is 11.4. The van der Waals surface area contributed by atoms with Crippen molar-refractivity contribution in [2.45, 2.75) is 6.54 Å². The standard InChI is InChI=1S/C12H15N5O2/c1-19-12(18)9-2-3-10(13)11(8-9)14-4-6-17-7-5-15-16-17/h2-3,5,7-8,14H,4,6,13H2,1H3. The van der Waals surface area contributed by atoms with Crippen LogP contribution >= 0.6 is 0 Å². The highest BCUT2D eigenvalue weighted by Crippen LogP contribution is 2.20. The van der Waals surface area contributed by atoms with Gasteiger partial charge in [-0.3, -0.25) is 4.68 Å². The number of carbonyl (C=O) groups is 1. The molecular weight excluding hydrogens is 246 g/mol. The first-order chi connectivity index (χ1) is 9.20. The fourth-order valence-corrected chi connectivity index (χ4v) is 1.61. The zero-order valence-corrected chi connectivity index (χ0v) is 10.5. The number of rotatable bonds is 5. The van der Waals surface area contributed by atoms with E-state index in [0.717, 1.165) is 0 Å². The number of anilines is 2. The van der Waals surface area contributed by atoms with Crippen LogP contribution < -0.4 is 11.1 Å². The van der Waals surface area contributed by atoms with E-state index in [2.05, 4.69) is 20.4 Å². The molecule has 7 heteroatoms. The average Bonchev–Trinajstić information content (AvgIpc) is 2.93. The summed E-state index contributed by atoms with van der Waals surface area (Å²) in [5.74, 6) is -0.390. The quantitative estimate of drug-likeness (QED) is 0.609. The van der Waals surface area contributed by atoms with Crippen LogP contribution in [-0.4, -0.2) is 34.6 Å². The molecule has 7 nitrogen and oxygen atoms in total. The molecule has 3 N–H and O–H groups in total. The number of benzene rings is 1. The van der Waals surface area contributed by atoms with Crippen LogP contribution in [0.5, 0.6) is 0 Å². The molecule has 1 aromatic heterocycles. The summed E-state index contributed by atoms with van der Waals surface area (Å²) in [5, 5.41) is 10.7. The predicted octanol–water partition coefficient (Wildman–Crippen LogP) is 0.759. The molecule has 0 saturated carbocycles. The smallest absolute Gasteiger partial charge is 0.337 e. The Kier molecular flexibility index (Phi) is 3.97. The van der Waals surface area contributed by atoms with Crippen molar-refractivity contribution in [2.24, 2.45) is 0 Å². The maximum atomic E-state index is 11.4. The van der Waals surface area contributed by atoms with Gasteiger partial charge in [0.1, 0.15) is 0 Å². The fourth-order valence-electron chi connectivity index (χ4n) is 1.61. The molecule has 19 heavy (non-hydrogen) atoms. The lowest BCUT2D eigenvalue weighted by Crippen LogP contribution is -2.13. The first kappa shape index (κ1) is 12.9. The minimum Gasteiger partial charge on any atom is -0.465 e. The molecule has 0 spiro atoms. The van der Waals surface area contributed by atoms with E-state index in [9.17, 15) is 4.79 Å². The maximum absolute atomic E-state index is 11.4. The van der Waals surface area contributed by atoms with E-state index in [1.807, 2.05) is 0 Å². The van der Waals surface area contributed by atoms with Crippen molar-refractivity contribution in [3.8, 4) is 0 Å². The third-order valence-corrected chi connectivity index (χ3v) is 2.60. The molecule has 0 saturated heterocycles. The Morgan fingerprint density at radius 1 is 1.53 bits per heavy atom. The van der Waals surface area contributed by atoms with Gasteiger partial charge in [-0.05, 0) is 18.2 Å². The van der Waals surface area contributed by atoms with E-state index in [0.29, 0.717) is 30.0 Å². The molecule has 0 aliphatic rings. The Balaban J connectivity index is 2.00. The minimum absolute atomic E-state index is 0.390. The van der Waals surface area contributed by atoms with E-state index in [1.54, 1.807) is 35.3 Å². The number of nitrogens with one attached hydrogen (secondary N) is 1. The number of hydrogen-bond donors (Lipinski definition) is 2. The normalized spacial score (nSPS) is 10.2. The number of hydrogen-bond acceptors (Lipinski definition) is 6. The van der Waals surface area contributed by atoms with Gasteiger partial charge in [0.2, 0.25) is 0 Å². The van der Waals surface area contributed by atoms with Crippen molar-refractivity contribution in [1.29, 1.82) is 0 Å². The number of esters is 1. The molecule has 0 unspecified atom stereocenters. The summed E-state index contributed by atoms with van der Waals surface area (Å²) >= 11 is 0. The Labute approximate surface area is 110 Å². The van der Waals surface area contributed by atoms with Gasteiger partial charge in [-0.2, -0.15) is 0 Å². The zero-order valence-electron chi connectivity index (χ0n) is 10.5. The number of nitrogens with two attached hydrogens (primary N) is 1. The first-order valence-corrected chi connectivity index (χ1v) is 5.76. The topological polar surface area (TPSA) is 95.1 Å². The van der Waals surface area contributed by atoms with Crippen molar-refractivity contribution in [1.82, 2.24) is 15.0 Å². The number of nitrogen functional groups attached to an aromatic ring is 1. The minimum atomic E-state index is -0.390. The van der Waals surface area contributed by atoms with Crippen LogP contribution in [0.3, 0.4) is 0 Å². The van der Waals surface area contributed by atoms with Crippen molar-refractivity contribution in [3.63, 3.8) is 0 Å². The van der Waals surface area contributed by atoms with E-state index < -0.39 is 0 Å². The van der Waals surface area contributed by atoms with Crippen molar-refractivity contribution in [3.05, 3.63) is 36.2 Å². The molecule has 1 aromatic carbocycles. The Bertz CT molecular complexity index is 553. The van der Waals surface area contributed by atoms with Gasteiger partial charge in [0, 0.05) is 12.7 Å². The molecule has 2 aromatic rings. The maximum Gasteiger partial charge on any atom is 0.337 e. The molecule has 0 amide bonds. The van der Waals surface area contributed by atoms with Crippen molar-refractivity contribution < 1.29 is 9.53 Å². The third-order valence-electron chi connectivity index (χ3n) is 2.60. The summed E-state index contributed by atoms with van der Waals surface area (Å²) in [7, 11) is 1.34. The third kappa shape index (κ3) is 3.21. The van der Waals surface area contributed by atoms with Crippen molar-refractivity contribution >= 4 is 17.3 Å². The van der Waals surface area contributed by atoms with Crippen LogP contribution in [0.15, 0.2) is 30.6 Å². The first-order valence-electron chi connectivity index (χ1n) is 5.76. The molecule has 0 aliphatic heterocycles. The van der Waals surface area contributed by atoms with Crippen LogP contribution in [0, 0.1) is 0 Å². The second kappa shape index (κ2) is 5.85. The molecule has 0 bridgehead atoms. The highest BCUT2D eigenvalue weighted by atomic mass is 16.5. The largest absolute Gasteiger partial charge is 0.465 e. The molecule has 0 aliphatic carbocycles. The Morgan fingerprint density at radius 2 is 2.37 bits per heavy atom. The van der Waals surface area contributed by atoms with Gasteiger partial charge in [0.25, 0.3) is 0 Å². The van der Waals surface area contributed by atoms with Gasteiger partial charge in [0.15, 0.2) is 0 Å². The second-order valence-electron chi connectivity index (χ2n) is 3.89. The molecule has 0 radical (unpaired) electrons. The predicted molar refractivity (Wildman–Crippen MR) is 70.7 cm³/mol. The zero-order chi connectivity index (χ0) is 13.7. The highest BCUT2D eigenvalue weighted by Gasteiger charge is 2.08. The monoisotopic (exact) mass is 261 g/mol. The number of methoxy groups -OCH3 is 1. The fraction of sp³-hybridized carbons (Fsp3) is 0.250. The summed E-state index contributed by atoms with van der Waals surface area (Å²) in [6, 6.07) is 4.97. The van der Waals surface area contributed by atoms with Gasteiger partial charge in [-0.15, -0.1) is 5.10 Å². The van der Waals surface area contributed by atoms with Crippen LogP contribution in [0.1, 0.15) is 10.4 Å². The molecule has 1 heterocycles. The van der Waals surface area contributed by atoms with Gasteiger partial charge < -0.3 is 15.8 Å². The highest BCUT2D eigenvalue weighted by molar-refractivity contribution is 5.91. The summed E-state index contributed by atoms with van der Waals surface area (Å²) in [6.45, 7) is 1.28. The molecule has 100 valence electrons. The molecular formula is C12H15N5O2. The van der Waals surface area contributed by atoms with Crippen LogP contribution in [0.25, 0.3) is 0 Å².